The number of hydrogen-bond acceptors (Lipinski definition) is 9. The van der Waals surface area contributed by atoms with Crippen molar-refractivity contribution in [3.63, 3.8) is 0 Å². The first kappa shape index (κ1) is 25.5. The predicted molar refractivity (Wildman–Crippen MR) is 143 cm³/mol. The van der Waals surface area contributed by atoms with Crippen molar-refractivity contribution < 1.29 is 4.92 Å². The quantitative estimate of drug-likeness (QED) is 0.111. The molecule has 2 aromatic carbocycles. The summed E-state index contributed by atoms with van der Waals surface area (Å²) in [6.45, 7) is 0. The maximum atomic E-state index is 10.8. The van der Waals surface area contributed by atoms with Gasteiger partial charge in [0.1, 0.15) is 0 Å². The number of nitro groups is 1. The number of nitrogens with zero attached hydrogens (tertiary/aromatic N) is 3. The monoisotopic (exact) mass is 482 g/mol. The molecule has 2 heterocycles. The Morgan fingerprint density at radius 3 is 1.67 bits per heavy atom. The van der Waals surface area contributed by atoms with Crippen molar-refractivity contribution in [1.82, 2.24) is 9.97 Å². The van der Waals surface area contributed by atoms with E-state index in [9.17, 15) is 10.1 Å². The molecule has 0 saturated heterocycles. The van der Waals surface area contributed by atoms with E-state index in [1.165, 1.54) is 12.1 Å². The van der Waals surface area contributed by atoms with Gasteiger partial charge in [0.15, 0.2) is 0 Å². The molecule has 36 heavy (non-hydrogen) atoms. The van der Waals surface area contributed by atoms with Crippen LogP contribution in [0.3, 0.4) is 0 Å². The Balaban J connectivity index is 0.000000202. The number of hydrogen-bond donors (Lipinski definition) is 5. The van der Waals surface area contributed by atoms with Gasteiger partial charge in [-0.25, -0.2) is 0 Å². The van der Waals surface area contributed by atoms with E-state index in [4.69, 9.17) is 16.6 Å². The maximum Gasteiger partial charge on any atom is 0.270 e. The number of pyridine rings is 2. The maximum absolute atomic E-state index is 10.8. The molecular formula is C26H26N8O2. The molecule has 10 heteroatoms. The molecule has 0 fully saturated rings. The van der Waals surface area contributed by atoms with Gasteiger partial charge in [0.2, 0.25) is 0 Å². The van der Waals surface area contributed by atoms with Crippen LogP contribution in [0, 0.1) is 20.9 Å². The van der Waals surface area contributed by atoms with Crippen LogP contribution in [-0.2, 0) is 0 Å². The fourth-order valence-electron chi connectivity index (χ4n) is 3.41. The summed E-state index contributed by atoms with van der Waals surface area (Å²) in [5, 5.41) is 33.2. The Hall–Kier alpha value is -5.12. The molecule has 0 aliphatic heterocycles. The van der Waals surface area contributed by atoms with Crippen molar-refractivity contribution in [3.8, 4) is 0 Å². The molecule has 182 valence electrons. The van der Waals surface area contributed by atoms with Crippen molar-refractivity contribution in [3.05, 3.63) is 118 Å². The molecule has 4 aromatic rings. The highest BCUT2D eigenvalue weighted by molar-refractivity contribution is 6.15. The Morgan fingerprint density at radius 1 is 0.778 bits per heavy atom. The second-order valence-corrected chi connectivity index (χ2v) is 7.51. The van der Waals surface area contributed by atoms with Gasteiger partial charge in [-0.15, -0.1) is 0 Å². The van der Waals surface area contributed by atoms with Crippen LogP contribution >= 0.6 is 0 Å². The summed E-state index contributed by atoms with van der Waals surface area (Å²) in [4.78, 5) is 18.2. The molecule has 4 rings (SSSR count). The molecule has 0 saturated carbocycles. The predicted octanol–water partition coefficient (Wildman–Crippen LogP) is 4.57. The van der Waals surface area contributed by atoms with Crippen molar-refractivity contribution in [2.24, 2.45) is 0 Å². The van der Waals surface area contributed by atoms with Crippen LogP contribution in [0.5, 0.6) is 0 Å². The summed E-state index contributed by atoms with van der Waals surface area (Å²) >= 11 is 0. The van der Waals surface area contributed by atoms with Gasteiger partial charge in [-0.2, -0.15) is 0 Å². The second-order valence-electron chi connectivity index (χ2n) is 7.51. The van der Waals surface area contributed by atoms with E-state index in [0.717, 1.165) is 16.8 Å². The summed E-state index contributed by atoms with van der Waals surface area (Å²) in [6, 6.07) is 16.9. The number of aromatic nitrogens is 2. The first-order valence-electron chi connectivity index (χ1n) is 10.9. The van der Waals surface area contributed by atoms with Gasteiger partial charge in [0.25, 0.3) is 5.69 Å². The molecule has 0 amide bonds. The number of nitrogens with one attached hydrogen (secondary N) is 4. The van der Waals surface area contributed by atoms with Gasteiger partial charge in [-0.3, -0.25) is 30.9 Å². The smallest absolute Gasteiger partial charge is 0.270 e. The highest BCUT2D eigenvalue weighted by Crippen LogP contribution is 2.24. The first-order valence-corrected chi connectivity index (χ1v) is 10.9. The van der Waals surface area contributed by atoms with Crippen LogP contribution in [0.4, 0.5) is 22.7 Å². The van der Waals surface area contributed by atoms with E-state index in [0.29, 0.717) is 28.2 Å². The molecule has 6 N–H and O–H groups in total. The average molecular weight is 483 g/mol. The topological polar surface area (TPSA) is 167 Å². The van der Waals surface area contributed by atoms with E-state index < -0.39 is 4.92 Å². The van der Waals surface area contributed by atoms with Gasteiger partial charge in [0.05, 0.1) is 16.3 Å². The Kier molecular flexibility index (Phi) is 8.39. The zero-order valence-corrected chi connectivity index (χ0v) is 19.8. The van der Waals surface area contributed by atoms with Crippen LogP contribution < -0.4 is 16.4 Å². The summed E-state index contributed by atoms with van der Waals surface area (Å²) in [6.07, 6.45) is 6.52. The minimum Gasteiger partial charge on any atom is -0.399 e. The lowest BCUT2D eigenvalue weighted by Crippen LogP contribution is -2.06. The van der Waals surface area contributed by atoms with E-state index in [2.05, 4.69) is 20.6 Å². The Bertz CT molecular complexity index is 1380. The number of rotatable bonds is 7. The third kappa shape index (κ3) is 6.06. The molecule has 0 spiro atoms. The minimum absolute atomic E-state index is 0.0344. The highest BCUT2D eigenvalue weighted by atomic mass is 16.6. The normalized spacial score (nSPS) is 9.94. The van der Waals surface area contributed by atoms with Crippen molar-refractivity contribution >= 4 is 34.2 Å². The zero-order chi connectivity index (χ0) is 26.1. The van der Waals surface area contributed by atoms with Gasteiger partial charge in [0, 0.05) is 90.3 Å². The highest BCUT2D eigenvalue weighted by Gasteiger charge is 2.15. The molecule has 10 nitrogen and oxygen atoms in total. The molecule has 0 bridgehead atoms. The van der Waals surface area contributed by atoms with Crippen LogP contribution in [0.15, 0.2) is 85.5 Å². The van der Waals surface area contributed by atoms with Crippen molar-refractivity contribution in [1.29, 1.82) is 10.8 Å². The molecule has 0 atom stereocenters. The molecule has 0 aliphatic carbocycles. The molecule has 0 radical (unpaired) electrons. The van der Waals surface area contributed by atoms with Gasteiger partial charge < -0.3 is 16.4 Å². The molecule has 0 unspecified atom stereocenters. The van der Waals surface area contributed by atoms with Gasteiger partial charge in [-0.1, -0.05) is 0 Å². The first-order chi connectivity index (χ1) is 17.3. The number of non-ortho nitro benzene ring substituents is 1. The number of nitrogen functional groups attached to an aromatic ring is 1. The van der Waals surface area contributed by atoms with Crippen molar-refractivity contribution in [2.75, 3.05) is 30.5 Å². The summed E-state index contributed by atoms with van der Waals surface area (Å²) < 4.78 is 0. The second kappa shape index (κ2) is 11.8. The Labute approximate surface area is 208 Å². The molecular weight excluding hydrogens is 456 g/mol. The number of nitrogens with two attached hydrogens (primary N) is 1. The Morgan fingerprint density at radius 2 is 1.22 bits per heavy atom. The van der Waals surface area contributed by atoms with E-state index in [-0.39, 0.29) is 11.4 Å². The van der Waals surface area contributed by atoms with Crippen LogP contribution in [0.2, 0.25) is 0 Å². The number of anilines is 3. The van der Waals surface area contributed by atoms with Crippen LogP contribution in [0.1, 0.15) is 22.3 Å². The van der Waals surface area contributed by atoms with Crippen LogP contribution in [0.25, 0.3) is 0 Å². The van der Waals surface area contributed by atoms with E-state index in [1.807, 2.05) is 31.3 Å². The number of nitro benzene ring substituents is 1. The van der Waals surface area contributed by atoms with E-state index in [1.54, 1.807) is 56.1 Å². The summed E-state index contributed by atoms with van der Waals surface area (Å²) in [5.74, 6) is 0. The third-order valence-electron chi connectivity index (χ3n) is 5.27. The average Bonchev–Trinajstić information content (AvgIpc) is 2.93. The SMILES string of the molecule is CNc1ccc(N)cc1C(=N)c1ccncc1.CNc1ccc([N+](=O)[O-])cc1C(=N)c1ccncc1. The lowest BCUT2D eigenvalue weighted by molar-refractivity contribution is -0.384. The zero-order valence-electron chi connectivity index (χ0n) is 19.8. The largest absolute Gasteiger partial charge is 0.399 e. The fourth-order valence-corrected chi connectivity index (χ4v) is 3.41. The van der Waals surface area contributed by atoms with Crippen molar-refractivity contribution in [2.45, 2.75) is 0 Å². The van der Waals surface area contributed by atoms with Gasteiger partial charge in [-0.05, 0) is 48.5 Å². The lowest BCUT2D eigenvalue weighted by Gasteiger charge is -2.11. The third-order valence-corrected chi connectivity index (χ3v) is 5.27. The molecule has 2 aromatic heterocycles. The lowest BCUT2D eigenvalue weighted by atomic mass is 10.0. The minimum atomic E-state index is -0.469. The van der Waals surface area contributed by atoms with Gasteiger partial charge >= 0.3 is 0 Å². The fraction of sp³-hybridized carbons (Fsp3) is 0.0769. The standard InChI is InChI=1S/C13H12N4O2.C13H14N4/c1-15-12-3-2-10(17(18)19)8-11(12)13(14)9-4-6-16-7-5-9;1-16-12-3-2-10(14)8-11(12)13(15)9-4-6-17-7-5-9/h2-8,14-15H,1H3;2-8,15-16H,14H2,1H3. The van der Waals surface area contributed by atoms with E-state index >= 15 is 0 Å². The molecule has 0 aliphatic rings. The van der Waals surface area contributed by atoms with Crippen LogP contribution in [-0.4, -0.2) is 40.4 Å². The summed E-state index contributed by atoms with van der Waals surface area (Å²) in [7, 11) is 3.54. The number of benzene rings is 2. The summed E-state index contributed by atoms with van der Waals surface area (Å²) in [5.41, 5.74) is 11.4.